The molecule has 0 aliphatic rings. The van der Waals surface area contributed by atoms with Gasteiger partial charge >= 0.3 is 5.97 Å². The number of pyridine rings is 1. The number of nitrogens with one attached hydrogen (secondary N) is 2. The number of aromatic amines is 1. The first-order valence-electron chi connectivity index (χ1n) is 6.61. The number of nitrogens with zero attached hydrogens (tertiary/aromatic N) is 1. The minimum atomic E-state index is -1.07. The molecular weight excluding hydrogens is 270 g/mol. The van der Waals surface area contributed by atoms with Crippen molar-refractivity contribution >= 4 is 11.9 Å². The Hall–Kier alpha value is -2.63. The smallest absolute Gasteiger partial charge is 0.352 e. The zero-order valence-electron chi connectivity index (χ0n) is 11.9. The second-order valence-electron chi connectivity index (χ2n) is 4.76. The van der Waals surface area contributed by atoms with E-state index in [1.165, 1.54) is 0 Å². The van der Waals surface area contributed by atoms with E-state index in [4.69, 9.17) is 5.11 Å². The Labute approximate surface area is 122 Å². The number of carbonyl (C=O) groups is 2. The predicted molar refractivity (Wildman–Crippen MR) is 77.5 cm³/mol. The molecule has 0 spiro atoms. The summed E-state index contributed by atoms with van der Waals surface area (Å²) in [6.07, 6.45) is 2.33. The number of aryl methyl sites for hydroxylation is 1. The molecule has 0 aliphatic carbocycles. The van der Waals surface area contributed by atoms with Gasteiger partial charge in [0.15, 0.2) is 0 Å². The quantitative estimate of drug-likeness (QED) is 0.780. The van der Waals surface area contributed by atoms with Gasteiger partial charge in [0.2, 0.25) is 0 Å². The van der Waals surface area contributed by atoms with Crippen molar-refractivity contribution in [2.75, 3.05) is 6.54 Å². The fraction of sp³-hybridized carbons (Fsp3) is 0.267. The summed E-state index contributed by atoms with van der Waals surface area (Å²) < 4.78 is 0. The van der Waals surface area contributed by atoms with E-state index in [9.17, 15) is 9.59 Å². The number of rotatable bonds is 5. The highest BCUT2D eigenvalue weighted by Crippen LogP contribution is 2.17. The number of hydrogen-bond donors (Lipinski definition) is 3. The van der Waals surface area contributed by atoms with Gasteiger partial charge in [-0.2, -0.15) is 0 Å². The highest BCUT2D eigenvalue weighted by atomic mass is 16.4. The first-order chi connectivity index (χ1) is 10.0. The van der Waals surface area contributed by atoms with Gasteiger partial charge in [0.05, 0.1) is 5.56 Å². The van der Waals surface area contributed by atoms with E-state index in [1.54, 1.807) is 20.0 Å². The number of carboxylic acids is 1. The largest absolute Gasteiger partial charge is 0.477 e. The Morgan fingerprint density at radius 3 is 2.67 bits per heavy atom. The third-order valence-corrected chi connectivity index (χ3v) is 3.27. The number of H-pyrrole nitrogens is 1. The third kappa shape index (κ3) is 3.28. The maximum absolute atomic E-state index is 12.2. The molecule has 0 atom stereocenters. The van der Waals surface area contributed by atoms with Crippen LogP contribution in [-0.2, 0) is 6.42 Å². The van der Waals surface area contributed by atoms with Crippen molar-refractivity contribution in [2.45, 2.75) is 20.3 Å². The van der Waals surface area contributed by atoms with E-state index in [-0.39, 0.29) is 11.6 Å². The molecule has 2 rings (SSSR count). The van der Waals surface area contributed by atoms with Crippen molar-refractivity contribution in [1.82, 2.24) is 15.3 Å². The van der Waals surface area contributed by atoms with Gasteiger partial charge in [-0.3, -0.25) is 9.78 Å². The summed E-state index contributed by atoms with van der Waals surface area (Å²) in [5.74, 6) is -1.34. The Morgan fingerprint density at radius 1 is 1.33 bits per heavy atom. The summed E-state index contributed by atoms with van der Waals surface area (Å²) in [4.78, 5) is 30.1. The lowest BCUT2D eigenvalue weighted by Gasteiger charge is -2.05. The average Bonchev–Trinajstić information content (AvgIpc) is 2.75. The third-order valence-electron chi connectivity index (χ3n) is 3.27. The summed E-state index contributed by atoms with van der Waals surface area (Å²) >= 11 is 0. The SMILES string of the molecule is Cc1[nH]c(C(=O)O)c(C)c1C(=O)NCCc1ccccn1. The van der Waals surface area contributed by atoms with Gasteiger partial charge in [-0.05, 0) is 31.5 Å². The molecule has 3 N–H and O–H groups in total. The van der Waals surface area contributed by atoms with Crippen molar-refractivity contribution in [3.8, 4) is 0 Å². The molecule has 6 nitrogen and oxygen atoms in total. The van der Waals surface area contributed by atoms with Gasteiger partial charge < -0.3 is 15.4 Å². The maximum atomic E-state index is 12.2. The number of amides is 1. The Bertz CT molecular complexity index is 662. The molecular formula is C15H17N3O3. The van der Waals surface area contributed by atoms with Crippen LogP contribution in [0.1, 0.15) is 37.8 Å². The van der Waals surface area contributed by atoms with Crippen LogP contribution >= 0.6 is 0 Å². The number of carbonyl (C=O) groups excluding carboxylic acids is 1. The average molecular weight is 287 g/mol. The van der Waals surface area contributed by atoms with E-state index in [0.717, 1.165) is 5.69 Å². The maximum Gasteiger partial charge on any atom is 0.352 e. The predicted octanol–water partition coefficient (Wildman–Crippen LogP) is 1.70. The first kappa shape index (κ1) is 14.8. The van der Waals surface area contributed by atoms with Gasteiger partial charge in [0.25, 0.3) is 5.91 Å². The fourth-order valence-electron chi connectivity index (χ4n) is 2.24. The number of carboxylic acid groups (broad SMARTS) is 1. The minimum absolute atomic E-state index is 0.0578. The van der Waals surface area contributed by atoms with Crippen molar-refractivity contribution in [1.29, 1.82) is 0 Å². The van der Waals surface area contributed by atoms with E-state index >= 15 is 0 Å². The van der Waals surface area contributed by atoms with Crippen LogP contribution in [0, 0.1) is 13.8 Å². The zero-order chi connectivity index (χ0) is 15.4. The van der Waals surface area contributed by atoms with Gasteiger partial charge in [0.1, 0.15) is 5.69 Å². The standard InChI is InChI=1S/C15H17N3O3/c1-9-12(10(2)18-13(9)15(20)21)14(19)17-8-6-11-5-3-4-7-16-11/h3-5,7,18H,6,8H2,1-2H3,(H,17,19)(H,20,21). The lowest BCUT2D eigenvalue weighted by atomic mass is 10.1. The molecule has 2 aromatic heterocycles. The Balaban J connectivity index is 2.02. The number of aromatic carboxylic acids is 1. The van der Waals surface area contributed by atoms with Crippen molar-refractivity contribution in [3.63, 3.8) is 0 Å². The van der Waals surface area contributed by atoms with Crippen LogP contribution in [-0.4, -0.2) is 33.5 Å². The molecule has 0 saturated carbocycles. The lowest BCUT2D eigenvalue weighted by molar-refractivity contribution is 0.0690. The molecule has 0 fully saturated rings. The second-order valence-corrected chi connectivity index (χ2v) is 4.76. The van der Waals surface area contributed by atoms with Crippen LogP contribution in [0.4, 0.5) is 0 Å². The molecule has 0 saturated heterocycles. The van der Waals surface area contributed by atoms with Crippen molar-refractivity contribution < 1.29 is 14.7 Å². The summed E-state index contributed by atoms with van der Waals surface area (Å²) in [7, 11) is 0. The summed E-state index contributed by atoms with van der Waals surface area (Å²) in [6, 6.07) is 5.62. The van der Waals surface area contributed by atoms with E-state index < -0.39 is 5.97 Å². The van der Waals surface area contributed by atoms with E-state index in [2.05, 4.69) is 15.3 Å². The van der Waals surface area contributed by atoms with Crippen LogP contribution < -0.4 is 5.32 Å². The molecule has 0 aromatic carbocycles. The van der Waals surface area contributed by atoms with Crippen LogP contribution in [0.2, 0.25) is 0 Å². The highest BCUT2D eigenvalue weighted by Gasteiger charge is 2.21. The molecule has 6 heteroatoms. The summed E-state index contributed by atoms with van der Waals surface area (Å²) in [5.41, 5.74) is 2.36. The molecule has 2 aromatic rings. The summed E-state index contributed by atoms with van der Waals surface area (Å²) in [6.45, 7) is 3.76. The number of aromatic nitrogens is 2. The lowest BCUT2D eigenvalue weighted by Crippen LogP contribution is -2.26. The Morgan fingerprint density at radius 2 is 2.10 bits per heavy atom. The topological polar surface area (TPSA) is 95.1 Å². The van der Waals surface area contributed by atoms with Crippen molar-refractivity contribution in [3.05, 3.63) is 52.6 Å². The van der Waals surface area contributed by atoms with E-state index in [1.807, 2.05) is 18.2 Å². The van der Waals surface area contributed by atoms with Crippen LogP contribution in [0.5, 0.6) is 0 Å². The minimum Gasteiger partial charge on any atom is -0.477 e. The fourth-order valence-corrected chi connectivity index (χ4v) is 2.24. The van der Waals surface area contributed by atoms with Crippen molar-refractivity contribution in [2.24, 2.45) is 0 Å². The van der Waals surface area contributed by atoms with Gasteiger partial charge in [-0.25, -0.2) is 4.79 Å². The number of hydrogen-bond acceptors (Lipinski definition) is 3. The normalized spacial score (nSPS) is 10.4. The monoisotopic (exact) mass is 287 g/mol. The molecule has 0 radical (unpaired) electrons. The van der Waals surface area contributed by atoms with Gasteiger partial charge in [-0.1, -0.05) is 6.07 Å². The first-order valence-corrected chi connectivity index (χ1v) is 6.61. The zero-order valence-corrected chi connectivity index (χ0v) is 11.9. The van der Waals surface area contributed by atoms with Crippen LogP contribution in [0.3, 0.4) is 0 Å². The molecule has 0 unspecified atom stereocenters. The molecule has 1 amide bonds. The molecule has 110 valence electrons. The van der Waals surface area contributed by atoms with Gasteiger partial charge in [0, 0.05) is 30.6 Å². The van der Waals surface area contributed by atoms with Crippen LogP contribution in [0.25, 0.3) is 0 Å². The van der Waals surface area contributed by atoms with E-state index in [0.29, 0.717) is 29.8 Å². The molecule has 2 heterocycles. The van der Waals surface area contributed by atoms with Crippen LogP contribution in [0.15, 0.2) is 24.4 Å². The molecule has 21 heavy (non-hydrogen) atoms. The molecule has 0 bridgehead atoms. The second kappa shape index (κ2) is 6.21. The summed E-state index contributed by atoms with van der Waals surface area (Å²) in [5, 5.41) is 11.8. The Kier molecular flexibility index (Phi) is 4.37. The van der Waals surface area contributed by atoms with Gasteiger partial charge in [-0.15, -0.1) is 0 Å². The highest BCUT2D eigenvalue weighted by molar-refractivity contribution is 6.00. The molecule has 0 aliphatic heterocycles.